The van der Waals surface area contributed by atoms with Gasteiger partial charge in [0.05, 0.1) is 17.8 Å². The third-order valence-corrected chi connectivity index (χ3v) is 11.8. The zero-order valence-electron chi connectivity index (χ0n) is 29.1. The van der Waals surface area contributed by atoms with Crippen LogP contribution in [0.25, 0.3) is 11.3 Å². The van der Waals surface area contributed by atoms with E-state index in [4.69, 9.17) is 4.98 Å². The quantitative estimate of drug-likeness (QED) is 0.110. The highest BCUT2D eigenvalue weighted by Gasteiger charge is 2.42. The maximum absolute atomic E-state index is 13.3. The first kappa shape index (κ1) is 34.8. The maximum atomic E-state index is 13.3. The lowest BCUT2D eigenvalue weighted by molar-refractivity contribution is -0.133. The van der Waals surface area contributed by atoms with E-state index < -0.39 is 0 Å². The van der Waals surface area contributed by atoms with Gasteiger partial charge < -0.3 is 15.5 Å². The van der Waals surface area contributed by atoms with E-state index in [0.717, 1.165) is 97.1 Å². The number of nitrogens with one attached hydrogen (secondary N) is 2. The lowest BCUT2D eigenvalue weighted by Gasteiger charge is -2.35. The van der Waals surface area contributed by atoms with E-state index in [1.165, 1.54) is 0 Å². The minimum atomic E-state index is -0.0480. The van der Waals surface area contributed by atoms with Crippen molar-refractivity contribution in [1.82, 2.24) is 35.4 Å². The lowest BCUT2D eigenvalue weighted by Crippen LogP contribution is -2.48. The number of urea groups is 1. The normalized spacial score (nSPS) is 20.1. The zero-order chi connectivity index (χ0) is 35.2. The Kier molecular flexibility index (Phi) is 11.0. The molecule has 3 saturated heterocycles. The second kappa shape index (κ2) is 16.2. The number of benzene rings is 2. The van der Waals surface area contributed by atoms with Crippen molar-refractivity contribution in [3.05, 3.63) is 113 Å². The van der Waals surface area contributed by atoms with Crippen LogP contribution in [0.5, 0.6) is 0 Å². The molecule has 2 aromatic heterocycles. The third kappa shape index (κ3) is 8.83. The van der Waals surface area contributed by atoms with Crippen LogP contribution in [0.3, 0.4) is 0 Å². The number of pyridine rings is 1. The van der Waals surface area contributed by atoms with Gasteiger partial charge in [-0.3, -0.25) is 19.5 Å². The van der Waals surface area contributed by atoms with Gasteiger partial charge in [-0.2, -0.15) is 11.8 Å². The number of carbonyl (C=O) groups is 3. The molecule has 0 saturated carbocycles. The summed E-state index contributed by atoms with van der Waals surface area (Å²) in [5.74, 6) is 2.03. The highest BCUT2D eigenvalue weighted by atomic mass is 32.2. The first-order valence-electron chi connectivity index (χ1n) is 18.0. The Balaban J connectivity index is 0.843. The van der Waals surface area contributed by atoms with Gasteiger partial charge in [0.2, 0.25) is 5.91 Å². The molecule has 264 valence electrons. The number of fused-ring (bicyclic) bond motifs is 1. The number of piperazine rings is 1. The highest BCUT2D eigenvalue weighted by Crippen LogP contribution is 2.33. The van der Waals surface area contributed by atoms with Gasteiger partial charge in [-0.05, 0) is 60.2 Å². The van der Waals surface area contributed by atoms with Crippen LogP contribution in [0.2, 0.25) is 0 Å². The summed E-state index contributed by atoms with van der Waals surface area (Å²) in [5, 5.41) is 6.48. The first-order chi connectivity index (χ1) is 24.9. The van der Waals surface area contributed by atoms with E-state index in [-0.39, 0.29) is 29.8 Å². The summed E-state index contributed by atoms with van der Waals surface area (Å²) in [4.78, 5) is 55.6. The fraction of sp³-hybridized carbons (Fsp3) is 0.400. The molecule has 0 unspecified atom stereocenters. The predicted octanol–water partition coefficient (Wildman–Crippen LogP) is 5.23. The molecule has 3 amide bonds. The molecule has 3 atom stereocenters. The molecule has 11 heteroatoms. The Labute approximate surface area is 303 Å². The average Bonchev–Trinajstić information content (AvgIpc) is 3.71. The number of carbonyl (C=O) groups excluding carboxylic acids is 3. The largest absolute Gasteiger partial charge is 0.340 e. The Hall–Kier alpha value is -4.61. The lowest BCUT2D eigenvalue weighted by atomic mass is 9.97. The Morgan fingerprint density at radius 1 is 0.941 bits per heavy atom. The van der Waals surface area contributed by atoms with E-state index in [1.807, 2.05) is 53.1 Å². The molecule has 0 spiro atoms. The number of hydrogen-bond donors (Lipinski definition) is 2. The number of unbranched alkanes of at least 4 members (excludes halogenated alkanes) is 1. The summed E-state index contributed by atoms with van der Waals surface area (Å²) in [6, 6.07) is 20.4. The summed E-state index contributed by atoms with van der Waals surface area (Å²) in [6.45, 7) is 6.05. The molecule has 3 aliphatic heterocycles. The number of nitrogens with zero attached hydrogens (tertiary/aromatic N) is 5. The average molecular weight is 704 g/mol. The number of aromatic nitrogens is 3. The topological polar surface area (TPSA) is 120 Å². The molecule has 4 aromatic rings. The molecule has 2 N–H and O–H groups in total. The van der Waals surface area contributed by atoms with E-state index in [2.05, 4.69) is 56.7 Å². The molecule has 0 aliphatic carbocycles. The molecule has 51 heavy (non-hydrogen) atoms. The van der Waals surface area contributed by atoms with Crippen LogP contribution in [0.4, 0.5) is 4.79 Å². The third-order valence-electron chi connectivity index (χ3n) is 10.3. The predicted molar refractivity (Wildman–Crippen MR) is 200 cm³/mol. The van der Waals surface area contributed by atoms with Crippen molar-refractivity contribution in [2.75, 3.05) is 31.9 Å². The molecule has 10 nitrogen and oxygen atoms in total. The van der Waals surface area contributed by atoms with E-state index in [1.54, 1.807) is 18.6 Å². The van der Waals surface area contributed by atoms with Crippen LogP contribution in [0.15, 0.2) is 79.3 Å². The van der Waals surface area contributed by atoms with E-state index in [9.17, 15) is 14.4 Å². The molecule has 0 radical (unpaired) electrons. The number of hydrogen-bond acceptors (Lipinski definition) is 8. The molecule has 5 heterocycles. The summed E-state index contributed by atoms with van der Waals surface area (Å²) in [5.41, 5.74) is 6.89. The number of ketones is 1. The SMILES string of the molecule is Cc1ccc(CC(=O)c2ccc(CN3CCN(C(=O)CCCC[C@@H]4SC[C@@H]5NC(=O)N[C@@H]54)CC3)cc2)cc1Cc1nccc(-c2cccnc2)n1. The Morgan fingerprint density at radius 3 is 2.57 bits per heavy atom. The van der Waals surface area contributed by atoms with Crippen LogP contribution < -0.4 is 10.6 Å². The van der Waals surface area contributed by atoms with Crippen LogP contribution in [-0.2, 0) is 24.2 Å². The molecule has 3 aliphatic rings. The molecular weight excluding hydrogens is 659 g/mol. The van der Waals surface area contributed by atoms with Crippen LogP contribution >= 0.6 is 11.8 Å². The van der Waals surface area contributed by atoms with Crippen LogP contribution in [0.1, 0.15) is 64.1 Å². The minimum Gasteiger partial charge on any atom is -0.340 e. The molecule has 2 aromatic carbocycles. The van der Waals surface area contributed by atoms with Gasteiger partial charge in [0.25, 0.3) is 0 Å². The van der Waals surface area contributed by atoms with E-state index in [0.29, 0.717) is 30.1 Å². The smallest absolute Gasteiger partial charge is 0.315 e. The molecule has 3 fully saturated rings. The van der Waals surface area contributed by atoms with Crippen molar-refractivity contribution in [2.24, 2.45) is 0 Å². The standard InChI is InChI=1S/C40H45N7O3S/c1-27-8-9-29(21-32(27)23-37-42-16-14-33(43-37)31-5-4-15-41-24-31)22-35(48)30-12-10-28(11-13-30)25-46-17-19-47(20-18-46)38(49)7-3-2-6-36-39-34(26-51-36)44-40(50)45-39/h4-5,8-16,21,24,34,36,39H,2-3,6-7,17-20,22-23,25-26H2,1H3,(H2,44,45,50)/t34-,36-,39-/m0/s1. The number of aryl methyl sites for hydroxylation is 1. The van der Waals surface area contributed by atoms with Crippen molar-refractivity contribution in [2.45, 2.75) is 69.3 Å². The van der Waals surface area contributed by atoms with Crippen LogP contribution in [-0.4, -0.2) is 91.7 Å². The van der Waals surface area contributed by atoms with Gasteiger partial charge in [-0.1, -0.05) is 48.9 Å². The van der Waals surface area contributed by atoms with Gasteiger partial charge >= 0.3 is 6.03 Å². The maximum Gasteiger partial charge on any atom is 0.315 e. The van der Waals surface area contributed by atoms with Crippen LogP contribution in [0, 0.1) is 6.92 Å². The highest BCUT2D eigenvalue weighted by molar-refractivity contribution is 8.00. The van der Waals surface area contributed by atoms with E-state index >= 15 is 0 Å². The summed E-state index contributed by atoms with van der Waals surface area (Å²) in [7, 11) is 0. The van der Waals surface area contributed by atoms with Gasteiger partial charge in [-0.15, -0.1) is 0 Å². The van der Waals surface area contributed by atoms with Gasteiger partial charge in [0.1, 0.15) is 5.82 Å². The second-order valence-electron chi connectivity index (χ2n) is 13.9. The monoisotopic (exact) mass is 703 g/mol. The summed E-state index contributed by atoms with van der Waals surface area (Å²) < 4.78 is 0. The van der Waals surface area contributed by atoms with Gasteiger partial charge in [0.15, 0.2) is 5.78 Å². The van der Waals surface area contributed by atoms with Gasteiger partial charge in [-0.25, -0.2) is 14.8 Å². The molecule has 0 bridgehead atoms. The fourth-order valence-corrected chi connectivity index (χ4v) is 8.82. The number of thioether (sulfide) groups is 1. The fourth-order valence-electron chi connectivity index (χ4n) is 7.27. The Bertz CT molecular complexity index is 1850. The number of rotatable bonds is 13. The minimum absolute atomic E-state index is 0.0480. The molecule has 7 rings (SSSR count). The van der Waals surface area contributed by atoms with Crippen molar-refractivity contribution in [1.29, 1.82) is 0 Å². The Morgan fingerprint density at radius 2 is 1.76 bits per heavy atom. The van der Waals surface area contributed by atoms with Gasteiger partial charge in [0, 0.05) is 92.7 Å². The number of amides is 3. The first-order valence-corrected chi connectivity index (χ1v) is 19.0. The van der Waals surface area contributed by atoms with Crippen molar-refractivity contribution < 1.29 is 14.4 Å². The number of Topliss-reactive ketones (excluding diaryl/α,β-unsaturated/α-hetero) is 1. The van der Waals surface area contributed by atoms with Crippen molar-refractivity contribution >= 4 is 29.5 Å². The molecular formula is C40H45N7O3S. The summed E-state index contributed by atoms with van der Waals surface area (Å²) in [6.07, 6.45) is 9.76. The van der Waals surface area contributed by atoms with Crippen molar-refractivity contribution in [3.8, 4) is 11.3 Å². The second-order valence-corrected chi connectivity index (χ2v) is 15.1. The van der Waals surface area contributed by atoms with Crippen molar-refractivity contribution in [3.63, 3.8) is 0 Å². The zero-order valence-corrected chi connectivity index (χ0v) is 29.9. The summed E-state index contributed by atoms with van der Waals surface area (Å²) >= 11 is 1.93.